The number of ether oxygens (including phenoxy) is 1. The summed E-state index contributed by atoms with van der Waals surface area (Å²) in [5.74, 6) is 1.22. The van der Waals surface area contributed by atoms with Crippen molar-refractivity contribution in [3.8, 4) is 0 Å². The number of likely N-dealkylation sites (N-methyl/N-ethyl adjacent to an activating group) is 1. The summed E-state index contributed by atoms with van der Waals surface area (Å²) in [5, 5.41) is 0.572. The number of hydrogen-bond acceptors (Lipinski definition) is 3. The van der Waals surface area contributed by atoms with Gasteiger partial charge in [-0.15, -0.1) is 0 Å². The number of halogens is 1. The van der Waals surface area contributed by atoms with E-state index in [1.165, 1.54) is 18.6 Å². The Bertz CT molecular complexity index is 310. The fourth-order valence-corrected chi connectivity index (χ4v) is 4.24. The molecule has 20 heavy (non-hydrogen) atoms. The number of nitrogens with zero attached hydrogens (tertiary/aromatic N) is 1. The molecule has 2 fully saturated rings. The molecule has 1 aliphatic carbocycles. The zero-order valence-electron chi connectivity index (χ0n) is 12.4. The maximum absolute atomic E-state index is 13.7. The zero-order chi connectivity index (χ0) is 14.4. The molecule has 0 aromatic rings. The lowest BCUT2D eigenvalue weighted by Gasteiger charge is -2.28. The average Bonchev–Trinajstić information content (AvgIpc) is 2.96. The van der Waals surface area contributed by atoms with Crippen molar-refractivity contribution in [2.75, 3.05) is 25.4 Å². The predicted molar refractivity (Wildman–Crippen MR) is 80.8 cm³/mol. The van der Waals surface area contributed by atoms with E-state index in [1.54, 1.807) is 0 Å². The van der Waals surface area contributed by atoms with Gasteiger partial charge in [-0.2, -0.15) is 11.8 Å². The minimum absolute atomic E-state index is 0.0118. The van der Waals surface area contributed by atoms with E-state index >= 15 is 0 Å². The lowest BCUT2D eigenvalue weighted by molar-refractivity contribution is -0.140. The molecule has 0 bridgehead atoms. The first-order valence-electron chi connectivity index (χ1n) is 7.85. The van der Waals surface area contributed by atoms with Crippen molar-refractivity contribution >= 4 is 17.7 Å². The van der Waals surface area contributed by atoms with E-state index in [1.807, 2.05) is 23.6 Å². The second-order valence-corrected chi connectivity index (χ2v) is 7.13. The van der Waals surface area contributed by atoms with Crippen molar-refractivity contribution in [1.82, 2.24) is 4.90 Å². The van der Waals surface area contributed by atoms with Gasteiger partial charge in [0, 0.05) is 18.3 Å². The van der Waals surface area contributed by atoms with Gasteiger partial charge in [0.25, 0.3) is 0 Å². The topological polar surface area (TPSA) is 29.5 Å². The molecular weight excluding hydrogens is 277 g/mol. The number of rotatable bonds is 6. The van der Waals surface area contributed by atoms with Crippen LogP contribution in [0.5, 0.6) is 0 Å². The Balaban J connectivity index is 1.73. The molecule has 1 saturated carbocycles. The van der Waals surface area contributed by atoms with Crippen LogP contribution in [0, 0.1) is 0 Å². The van der Waals surface area contributed by atoms with Crippen LogP contribution in [0.1, 0.15) is 45.4 Å². The van der Waals surface area contributed by atoms with Crippen LogP contribution >= 0.6 is 11.8 Å². The van der Waals surface area contributed by atoms with Crippen LogP contribution in [-0.2, 0) is 9.53 Å². The minimum atomic E-state index is -0.892. The van der Waals surface area contributed by atoms with E-state index in [0.717, 1.165) is 25.8 Å². The summed E-state index contributed by atoms with van der Waals surface area (Å²) in [6.45, 7) is 3.56. The SMILES string of the molecule is CCN(CC1CCCS1)C(=O)COC1CCCCC1F. The highest BCUT2D eigenvalue weighted by atomic mass is 32.2. The molecule has 0 aromatic heterocycles. The Morgan fingerprint density at radius 1 is 1.30 bits per heavy atom. The molecule has 0 N–H and O–H groups in total. The molecule has 1 heterocycles. The standard InChI is InChI=1S/C15H26FNO2S/c1-2-17(10-12-6-5-9-20-12)15(18)11-19-14-8-4-3-7-13(14)16/h12-14H,2-11H2,1H3. The van der Waals surface area contributed by atoms with Crippen LogP contribution in [0.2, 0.25) is 0 Å². The zero-order valence-corrected chi connectivity index (χ0v) is 13.2. The second-order valence-electron chi connectivity index (χ2n) is 5.72. The van der Waals surface area contributed by atoms with Gasteiger partial charge in [0.1, 0.15) is 12.8 Å². The van der Waals surface area contributed by atoms with Crippen LogP contribution < -0.4 is 0 Å². The van der Waals surface area contributed by atoms with Crippen LogP contribution in [-0.4, -0.2) is 53.8 Å². The first-order chi connectivity index (χ1) is 9.70. The van der Waals surface area contributed by atoms with E-state index in [9.17, 15) is 9.18 Å². The van der Waals surface area contributed by atoms with Crippen molar-refractivity contribution in [1.29, 1.82) is 0 Å². The molecule has 5 heteroatoms. The molecular formula is C15H26FNO2S. The van der Waals surface area contributed by atoms with Crippen molar-refractivity contribution in [2.45, 2.75) is 63.0 Å². The number of thioether (sulfide) groups is 1. The Hall–Kier alpha value is -0.290. The van der Waals surface area contributed by atoms with Crippen LogP contribution in [0.4, 0.5) is 4.39 Å². The average molecular weight is 303 g/mol. The molecule has 0 spiro atoms. The van der Waals surface area contributed by atoms with E-state index in [2.05, 4.69) is 0 Å². The monoisotopic (exact) mass is 303 g/mol. The van der Waals surface area contributed by atoms with Gasteiger partial charge >= 0.3 is 0 Å². The maximum atomic E-state index is 13.7. The fourth-order valence-electron chi connectivity index (χ4n) is 2.95. The Kier molecular flexibility index (Phi) is 6.62. The lowest BCUT2D eigenvalue weighted by atomic mass is 9.96. The molecule has 116 valence electrons. The first kappa shape index (κ1) is 16.1. The summed E-state index contributed by atoms with van der Waals surface area (Å²) < 4.78 is 19.2. The van der Waals surface area contributed by atoms with Crippen molar-refractivity contribution in [2.24, 2.45) is 0 Å². The maximum Gasteiger partial charge on any atom is 0.248 e. The minimum Gasteiger partial charge on any atom is -0.365 e. The Morgan fingerprint density at radius 2 is 2.10 bits per heavy atom. The summed E-state index contributed by atoms with van der Waals surface area (Å²) >= 11 is 1.96. The smallest absolute Gasteiger partial charge is 0.248 e. The summed E-state index contributed by atoms with van der Waals surface area (Å²) in [6, 6.07) is 0. The normalized spacial score (nSPS) is 30.4. The van der Waals surface area contributed by atoms with Crippen molar-refractivity contribution < 1.29 is 13.9 Å². The molecule has 1 amide bonds. The molecule has 3 atom stereocenters. The first-order valence-corrected chi connectivity index (χ1v) is 8.90. The highest BCUT2D eigenvalue weighted by Crippen LogP contribution is 2.27. The molecule has 3 unspecified atom stereocenters. The fraction of sp³-hybridized carbons (Fsp3) is 0.933. The molecule has 0 radical (unpaired) electrons. The molecule has 2 aliphatic rings. The molecule has 2 rings (SSSR count). The van der Waals surface area contributed by atoms with Gasteiger partial charge in [-0.05, 0) is 38.4 Å². The van der Waals surface area contributed by atoms with Gasteiger partial charge in [0.2, 0.25) is 5.91 Å². The van der Waals surface area contributed by atoms with Crippen LogP contribution in [0.3, 0.4) is 0 Å². The molecule has 1 saturated heterocycles. The summed E-state index contributed by atoms with van der Waals surface area (Å²) in [6.07, 6.45) is 4.47. The second kappa shape index (κ2) is 8.23. The third-order valence-electron chi connectivity index (χ3n) is 4.23. The van der Waals surface area contributed by atoms with Gasteiger partial charge in [-0.25, -0.2) is 4.39 Å². The molecule has 1 aliphatic heterocycles. The van der Waals surface area contributed by atoms with E-state index in [0.29, 0.717) is 18.2 Å². The number of carbonyl (C=O) groups excluding carboxylic acids is 1. The highest BCUT2D eigenvalue weighted by molar-refractivity contribution is 8.00. The van der Waals surface area contributed by atoms with Crippen LogP contribution in [0.15, 0.2) is 0 Å². The Labute approximate surface area is 125 Å². The molecule has 3 nitrogen and oxygen atoms in total. The van der Waals surface area contributed by atoms with Crippen molar-refractivity contribution in [3.05, 3.63) is 0 Å². The third-order valence-corrected chi connectivity index (χ3v) is 5.61. The third kappa shape index (κ3) is 4.62. The van der Waals surface area contributed by atoms with Gasteiger partial charge in [0.05, 0.1) is 6.10 Å². The number of carbonyl (C=O) groups is 1. The lowest BCUT2D eigenvalue weighted by Crippen LogP contribution is -2.40. The van der Waals surface area contributed by atoms with Crippen LogP contribution in [0.25, 0.3) is 0 Å². The van der Waals surface area contributed by atoms with Gasteiger partial charge in [-0.1, -0.05) is 12.8 Å². The number of alkyl halides is 1. The van der Waals surface area contributed by atoms with E-state index in [4.69, 9.17) is 4.74 Å². The summed E-state index contributed by atoms with van der Waals surface area (Å²) in [7, 11) is 0. The summed E-state index contributed by atoms with van der Waals surface area (Å²) in [4.78, 5) is 14.0. The molecule has 0 aromatic carbocycles. The van der Waals surface area contributed by atoms with E-state index < -0.39 is 6.17 Å². The number of hydrogen-bond donors (Lipinski definition) is 0. The van der Waals surface area contributed by atoms with Gasteiger partial charge < -0.3 is 9.64 Å². The quantitative estimate of drug-likeness (QED) is 0.755. The highest BCUT2D eigenvalue weighted by Gasteiger charge is 2.27. The number of amides is 1. The predicted octanol–water partition coefficient (Wildman–Crippen LogP) is 3.03. The van der Waals surface area contributed by atoms with E-state index in [-0.39, 0.29) is 18.6 Å². The van der Waals surface area contributed by atoms with Crippen molar-refractivity contribution in [3.63, 3.8) is 0 Å². The Morgan fingerprint density at radius 3 is 2.75 bits per heavy atom. The van der Waals surface area contributed by atoms with Gasteiger partial charge in [-0.3, -0.25) is 4.79 Å². The largest absolute Gasteiger partial charge is 0.365 e. The summed E-state index contributed by atoms with van der Waals surface area (Å²) in [5.41, 5.74) is 0. The van der Waals surface area contributed by atoms with Gasteiger partial charge in [0.15, 0.2) is 0 Å².